The van der Waals surface area contributed by atoms with E-state index in [1.165, 1.54) is 15.9 Å². The first-order valence-corrected chi connectivity index (χ1v) is 8.95. The molecule has 1 aliphatic carbocycles. The largest absolute Gasteiger partial charge is 0.328 e. The van der Waals surface area contributed by atoms with Crippen molar-refractivity contribution in [2.24, 2.45) is 7.05 Å². The number of H-pyrrole nitrogens is 1. The van der Waals surface area contributed by atoms with E-state index in [1.807, 2.05) is 24.3 Å². The van der Waals surface area contributed by atoms with E-state index in [4.69, 9.17) is 23.2 Å². The summed E-state index contributed by atoms with van der Waals surface area (Å²) in [6.45, 7) is 0. The molecular formula is C17H11Cl2N3O2S. The fourth-order valence-electron chi connectivity index (χ4n) is 3.01. The molecule has 0 bridgehead atoms. The van der Waals surface area contributed by atoms with E-state index in [-0.39, 0.29) is 0 Å². The lowest BCUT2D eigenvalue weighted by molar-refractivity contribution is 0.760. The molecule has 0 saturated carbocycles. The van der Waals surface area contributed by atoms with E-state index in [9.17, 15) is 9.59 Å². The maximum Gasteiger partial charge on any atom is 0.328 e. The average molecular weight is 392 g/mol. The molecule has 25 heavy (non-hydrogen) atoms. The summed E-state index contributed by atoms with van der Waals surface area (Å²) in [6.07, 6.45) is 5.40. The Morgan fingerprint density at radius 3 is 2.80 bits per heavy atom. The molecule has 5 nitrogen and oxygen atoms in total. The lowest BCUT2D eigenvalue weighted by atomic mass is 9.87. The number of aromatic nitrogens is 3. The molecule has 2 aromatic heterocycles. The number of aromatic amines is 1. The highest BCUT2D eigenvalue weighted by Crippen LogP contribution is 2.41. The van der Waals surface area contributed by atoms with Gasteiger partial charge in [0.25, 0.3) is 5.56 Å². The first-order chi connectivity index (χ1) is 11.9. The molecule has 4 rings (SSSR count). The molecule has 0 spiro atoms. The molecule has 1 aromatic carbocycles. The molecule has 1 unspecified atom stereocenters. The zero-order chi connectivity index (χ0) is 17.7. The maximum absolute atomic E-state index is 12.5. The highest BCUT2D eigenvalue weighted by atomic mass is 35.5. The van der Waals surface area contributed by atoms with Gasteiger partial charge in [-0.25, -0.2) is 9.78 Å². The Morgan fingerprint density at radius 2 is 2.00 bits per heavy atom. The number of thiazole rings is 1. The van der Waals surface area contributed by atoms with Crippen molar-refractivity contribution in [1.29, 1.82) is 0 Å². The van der Waals surface area contributed by atoms with Crippen LogP contribution in [0.15, 0.2) is 34.0 Å². The lowest BCUT2D eigenvalue weighted by Crippen LogP contribution is -2.31. The van der Waals surface area contributed by atoms with E-state index >= 15 is 0 Å². The van der Waals surface area contributed by atoms with Gasteiger partial charge in [-0.3, -0.25) is 9.78 Å². The minimum absolute atomic E-state index is 0.401. The van der Waals surface area contributed by atoms with Crippen molar-refractivity contribution < 1.29 is 0 Å². The van der Waals surface area contributed by atoms with Crippen LogP contribution in [-0.2, 0) is 7.05 Å². The van der Waals surface area contributed by atoms with Gasteiger partial charge in [0.2, 0.25) is 0 Å². The smallest absolute Gasteiger partial charge is 0.303 e. The Bertz CT molecular complexity index is 1140. The van der Waals surface area contributed by atoms with Crippen LogP contribution in [-0.4, -0.2) is 14.5 Å². The van der Waals surface area contributed by atoms with Crippen LogP contribution in [0.2, 0.25) is 9.49 Å². The summed E-state index contributed by atoms with van der Waals surface area (Å²) in [5, 5.41) is 0.604. The van der Waals surface area contributed by atoms with Gasteiger partial charge in [0.1, 0.15) is 0 Å². The number of nitrogens with one attached hydrogen (secondary N) is 1. The normalized spacial score (nSPS) is 15.6. The SMILES string of the molecule is Cn1cc(C2c3ccc(Cl)cc3C=Cc3sc(Cl)nc32)c(=O)[nH]c1=O. The van der Waals surface area contributed by atoms with Gasteiger partial charge in [-0.2, -0.15) is 0 Å². The van der Waals surface area contributed by atoms with Crippen LogP contribution >= 0.6 is 34.5 Å². The number of hydrogen-bond acceptors (Lipinski definition) is 4. The van der Waals surface area contributed by atoms with Gasteiger partial charge in [0, 0.05) is 23.8 Å². The molecule has 126 valence electrons. The maximum atomic E-state index is 12.5. The van der Waals surface area contributed by atoms with Crippen LogP contribution in [0.4, 0.5) is 0 Å². The highest BCUT2D eigenvalue weighted by Gasteiger charge is 2.29. The Hall–Kier alpha value is -2.15. The number of halogens is 2. The molecule has 8 heteroatoms. The number of aryl methyl sites for hydroxylation is 1. The fourth-order valence-corrected chi connectivity index (χ4v) is 4.26. The monoisotopic (exact) mass is 391 g/mol. The van der Waals surface area contributed by atoms with E-state index in [1.54, 1.807) is 19.3 Å². The molecule has 0 saturated heterocycles. The summed E-state index contributed by atoms with van der Waals surface area (Å²) in [5.41, 5.74) is 1.99. The minimum Gasteiger partial charge on any atom is -0.303 e. The number of nitrogens with zero attached hydrogens (tertiary/aromatic N) is 2. The molecule has 1 N–H and O–H groups in total. The topological polar surface area (TPSA) is 67.8 Å². The molecule has 0 amide bonds. The molecular weight excluding hydrogens is 381 g/mol. The third-order valence-electron chi connectivity index (χ3n) is 4.15. The quantitative estimate of drug-likeness (QED) is 0.539. The van der Waals surface area contributed by atoms with Gasteiger partial charge >= 0.3 is 5.69 Å². The predicted molar refractivity (Wildman–Crippen MR) is 101 cm³/mol. The minimum atomic E-state index is -0.464. The number of rotatable bonds is 1. The summed E-state index contributed by atoms with van der Waals surface area (Å²) in [7, 11) is 1.59. The van der Waals surface area contributed by atoms with Gasteiger partial charge < -0.3 is 4.57 Å². The van der Waals surface area contributed by atoms with E-state index in [0.717, 1.165) is 16.0 Å². The zero-order valence-corrected chi connectivity index (χ0v) is 15.2. The number of benzene rings is 1. The molecule has 0 radical (unpaired) electrons. The summed E-state index contributed by atoms with van der Waals surface area (Å²) in [6, 6.07) is 5.49. The average Bonchev–Trinajstić information content (AvgIpc) is 2.86. The molecule has 3 aromatic rings. The molecule has 1 aliphatic rings. The third-order valence-corrected chi connectivity index (χ3v) is 5.53. The van der Waals surface area contributed by atoms with E-state index in [0.29, 0.717) is 20.7 Å². The van der Waals surface area contributed by atoms with Crippen LogP contribution in [0.3, 0.4) is 0 Å². The highest BCUT2D eigenvalue weighted by molar-refractivity contribution is 7.16. The van der Waals surface area contributed by atoms with Crippen molar-refractivity contribution in [2.75, 3.05) is 0 Å². The summed E-state index contributed by atoms with van der Waals surface area (Å²) < 4.78 is 1.75. The second-order valence-corrected chi connectivity index (χ2v) is 7.76. The van der Waals surface area contributed by atoms with E-state index < -0.39 is 17.2 Å². The van der Waals surface area contributed by atoms with Crippen LogP contribution < -0.4 is 11.2 Å². The van der Waals surface area contributed by atoms with Crippen molar-refractivity contribution in [3.63, 3.8) is 0 Å². The van der Waals surface area contributed by atoms with Gasteiger partial charge in [0.15, 0.2) is 4.47 Å². The first kappa shape index (κ1) is 16.3. The van der Waals surface area contributed by atoms with Crippen LogP contribution in [0.1, 0.15) is 33.2 Å². The predicted octanol–water partition coefficient (Wildman–Crippen LogP) is 3.50. The van der Waals surface area contributed by atoms with Crippen LogP contribution in [0, 0.1) is 0 Å². The Balaban J connectivity index is 2.07. The third kappa shape index (κ3) is 2.76. The standard InChI is InChI=1S/C17H11Cl2N3O2S/c1-22-7-11(15(23)21-17(22)24)13-10-4-3-9(18)6-8(10)2-5-12-14(13)20-16(19)25-12/h2-7,13H,1H3,(H,21,23,24). The van der Waals surface area contributed by atoms with Crippen LogP contribution in [0.25, 0.3) is 12.2 Å². The van der Waals surface area contributed by atoms with Gasteiger partial charge in [-0.15, -0.1) is 11.3 Å². The Kier molecular flexibility index (Phi) is 3.91. The van der Waals surface area contributed by atoms with E-state index in [2.05, 4.69) is 9.97 Å². The summed E-state index contributed by atoms with van der Waals surface area (Å²) >= 11 is 13.6. The second-order valence-electron chi connectivity index (χ2n) is 5.71. The number of hydrogen-bond donors (Lipinski definition) is 1. The lowest BCUT2D eigenvalue weighted by Gasteiger charge is -2.18. The van der Waals surface area contributed by atoms with Crippen molar-refractivity contribution >= 4 is 46.7 Å². The molecule has 1 atom stereocenters. The summed E-state index contributed by atoms with van der Waals surface area (Å²) in [4.78, 5) is 31.9. The fraction of sp³-hybridized carbons (Fsp3) is 0.118. The van der Waals surface area contributed by atoms with Gasteiger partial charge in [-0.05, 0) is 29.3 Å². The number of fused-ring (bicyclic) bond motifs is 2. The summed E-state index contributed by atoms with van der Waals surface area (Å²) in [5.74, 6) is -0.448. The molecule has 0 fully saturated rings. The van der Waals surface area contributed by atoms with Crippen molar-refractivity contribution in [1.82, 2.24) is 14.5 Å². The Labute approximate surface area is 156 Å². The molecule has 2 heterocycles. The zero-order valence-electron chi connectivity index (χ0n) is 12.9. The second kappa shape index (κ2) is 5.98. The van der Waals surface area contributed by atoms with Gasteiger partial charge in [-0.1, -0.05) is 35.3 Å². The van der Waals surface area contributed by atoms with Crippen LogP contribution in [0.5, 0.6) is 0 Å². The van der Waals surface area contributed by atoms with Crippen molar-refractivity contribution in [2.45, 2.75) is 5.92 Å². The first-order valence-electron chi connectivity index (χ1n) is 7.37. The van der Waals surface area contributed by atoms with Crippen molar-refractivity contribution in [3.8, 4) is 0 Å². The van der Waals surface area contributed by atoms with Gasteiger partial charge in [0.05, 0.1) is 16.5 Å². The van der Waals surface area contributed by atoms with Crippen molar-refractivity contribution in [3.05, 3.63) is 82.0 Å². The Morgan fingerprint density at radius 1 is 1.20 bits per heavy atom. The molecule has 0 aliphatic heterocycles.